The van der Waals surface area contributed by atoms with Gasteiger partial charge in [0.25, 0.3) is 0 Å². The topological polar surface area (TPSA) is 93.9 Å². The van der Waals surface area contributed by atoms with E-state index in [4.69, 9.17) is 17.3 Å². The van der Waals surface area contributed by atoms with Gasteiger partial charge in [-0.1, -0.05) is 11.6 Å². The number of nitrogens with zero attached hydrogens (tertiary/aromatic N) is 3. The predicted molar refractivity (Wildman–Crippen MR) is 124 cm³/mol. The van der Waals surface area contributed by atoms with Gasteiger partial charge in [-0.2, -0.15) is 0 Å². The van der Waals surface area contributed by atoms with E-state index in [9.17, 15) is 14.0 Å². The van der Waals surface area contributed by atoms with Crippen molar-refractivity contribution in [2.75, 3.05) is 62.6 Å². The quantitative estimate of drug-likeness (QED) is 0.543. The van der Waals surface area contributed by atoms with Gasteiger partial charge in [-0.25, -0.2) is 4.39 Å². The molecule has 0 aliphatic carbocycles. The molecule has 1 aromatic carbocycles. The van der Waals surface area contributed by atoms with Gasteiger partial charge in [-0.05, 0) is 38.4 Å². The van der Waals surface area contributed by atoms with Crippen molar-refractivity contribution in [3.8, 4) is 0 Å². The fourth-order valence-electron chi connectivity index (χ4n) is 4.58. The number of hydrogen-bond acceptors (Lipinski definition) is 7. The monoisotopic (exact) mass is 466 g/mol. The van der Waals surface area contributed by atoms with Gasteiger partial charge in [-0.15, -0.1) is 0 Å². The molecule has 3 saturated heterocycles. The van der Waals surface area contributed by atoms with Crippen LogP contribution in [0.1, 0.15) is 25.7 Å². The summed E-state index contributed by atoms with van der Waals surface area (Å²) in [6.45, 7) is 7.43. The minimum absolute atomic E-state index is 0.247. The predicted octanol–water partition coefficient (Wildman–Crippen LogP) is 1.24. The summed E-state index contributed by atoms with van der Waals surface area (Å²) in [6.07, 6.45) is 2.75. The molecule has 3 aliphatic heterocycles. The van der Waals surface area contributed by atoms with Crippen LogP contribution in [0, 0.1) is 5.82 Å². The first-order valence-electron chi connectivity index (χ1n) is 11.4. The van der Waals surface area contributed by atoms with Gasteiger partial charge >= 0.3 is 0 Å². The molecule has 1 unspecified atom stereocenters. The molecule has 4 N–H and O–H groups in total. The number of amides is 2. The van der Waals surface area contributed by atoms with Crippen LogP contribution in [-0.2, 0) is 9.59 Å². The van der Waals surface area contributed by atoms with Crippen molar-refractivity contribution < 1.29 is 14.0 Å². The van der Waals surface area contributed by atoms with E-state index in [1.807, 2.05) is 4.90 Å². The molecule has 0 bridgehead atoms. The van der Waals surface area contributed by atoms with Gasteiger partial charge in [0.2, 0.25) is 11.8 Å². The maximum absolute atomic E-state index is 14.9. The zero-order valence-electron chi connectivity index (χ0n) is 18.3. The first kappa shape index (κ1) is 23.2. The lowest BCUT2D eigenvalue weighted by atomic mass is 10.1. The van der Waals surface area contributed by atoms with Crippen molar-refractivity contribution >= 4 is 34.8 Å². The van der Waals surface area contributed by atoms with Crippen LogP contribution in [0.15, 0.2) is 12.1 Å². The molecular formula is C22H32ClFN6O2. The van der Waals surface area contributed by atoms with Crippen molar-refractivity contribution in [2.45, 2.75) is 37.8 Å². The van der Waals surface area contributed by atoms with Crippen molar-refractivity contribution in [1.82, 2.24) is 15.1 Å². The Morgan fingerprint density at radius 2 is 1.69 bits per heavy atom. The molecule has 0 saturated carbocycles. The number of piperazine rings is 1. The van der Waals surface area contributed by atoms with Gasteiger partial charge in [0, 0.05) is 57.8 Å². The zero-order valence-corrected chi connectivity index (χ0v) is 19.0. The molecule has 4 rings (SSSR count). The van der Waals surface area contributed by atoms with Gasteiger partial charge in [-0.3, -0.25) is 19.8 Å². The summed E-state index contributed by atoms with van der Waals surface area (Å²) in [7, 11) is 0. The van der Waals surface area contributed by atoms with Gasteiger partial charge in [0.05, 0.1) is 16.4 Å². The largest absolute Gasteiger partial charge is 0.372 e. The fraction of sp³-hybridized carbons (Fsp3) is 0.636. The first-order chi connectivity index (χ1) is 15.4. The molecule has 1 aromatic rings. The van der Waals surface area contributed by atoms with Crippen molar-refractivity contribution in [1.29, 1.82) is 0 Å². The van der Waals surface area contributed by atoms with Crippen molar-refractivity contribution in [3.63, 3.8) is 0 Å². The van der Waals surface area contributed by atoms with E-state index in [2.05, 4.69) is 20.4 Å². The number of nitrogens with two attached hydrogens (primary N) is 1. The minimum atomic E-state index is -0.602. The Bertz CT molecular complexity index is 840. The Balaban J connectivity index is 1.29. The van der Waals surface area contributed by atoms with Crippen LogP contribution >= 0.6 is 11.6 Å². The van der Waals surface area contributed by atoms with Crippen LogP contribution in [0.4, 0.5) is 15.8 Å². The molecule has 0 aromatic heterocycles. The van der Waals surface area contributed by atoms with Crippen LogP contribution in [0.25, 0.3) is 0 Å². The summed E-state index contributed by atoms with van der Waals surface area (Å²) in [5.74, 6) is -1.08. The number of benzene rings is 1. The lowest BCUT2D eigenvalue weighted by molar-refractivity contribution is -0.133. The van der Waals surface area contributed by atoms with Gasteiger partial charge in [0.1, 0.15) is 11.9 Å². The Labute approximate surface area is 193 Å². The molecule has 176 valence electrons. The number of hydrogen-bond donors (Lipinski definition) is 3. The molecule has 2 amide bonds. The highest BCUT2D eigenvalue weighted by molar-refractivity contribution is 6.33. The van der Waals surface area contributed by atoms with E-state index in [1.54, 1.807) is 6.07 Å². The highest BCUT2D eigenvalue weighted by atomic mass is 35.5. The average molecular weight is 467 g/mol. The van der Waals surface area contributed by atoms with Gasteiger partial charge < -0.3 is 20.9 Å². The highest BCUT2D eigenvalue weighted by Crippen LogP contribution is 2.32. The number of rotatable bonds is 6. The number of nitrogens with one attached hydrogen (secondary N) is 2. The number of imide groups is 1. The summed E-state index contributed by atoms with van der Waals surface area (Å²) >= 11 is 6.41. The first-order valence-corrected chi connectivity index (χ1v) is 11.8. The lowest BCUT2D eigenvalue weighted by Gasteiger charge is -2.38. The molecule has 3 heterocycles. The number of likely N-dealkylation sites (tertiary alicyclic amines) is 1. The van der Waals surface area contributed by atoms with Crippen LogP contribution in [-0.4, -0.2) is 86.1 Å². The van der Waals surface area contributed by atoms with E-state index in [0.717, 1.165) is 65.2 Å². The second-order valence-electron chi connectivity index (χ2n) is 8.94. The number of carbonyl (C=O) groups excluding carboxylic acids is 2. The summed E-state index contributed by atoms with van der Waals surface area (Å²) in [6, 6.07) is 2.71. The molecular weight excluding hydrogens is 435 g/mol. The van der Waals surface area contributed by atoms with E-state index in [1.165, 1.54) is 6.07 Å². The van der Waals surface area contributed by atoms with Crippen LogP contribution in [0.5, 0.6) is 0 Å². The van der Waals surface area contributed by atoms with Crippen molar-refractivity contribution in [3.05, 3.63) is 23.0 Å². The number of carbonyl (C=O) groups is 2. The second kappa shape index (κ2) is 10.3. The summed E-state index contributed by atoms with van der Waals surface area (Å²) in [5, 5.41) is 5.62. The Hall–Kier alpha value is -1.94. The SMILES string of the molecule is NC1CCN(CCN2CCN(c3cc(Cl)c(NC4CCC(=O)NC4=O)cc3F)CC2)CC1. The molecule has 3 fully saturated rings. The standard InChI is InChI=1S/C22H32ClFN6O2/c23-16-13-20(17(24)14-19(16)26-18-1-2-21(31)27-22(18)32)30-11-9-29(10-12-30)8-7-28-5-3-15(25)4-6-28/h13-15,18,26H,1-12,25H2,(H,27,31,32). The molecule has 0 radical (unpaired) electrons. The number of piperidine rings is 2. The normalized spacial score (nSPS) is 24.0. The van der Waals surface area contributed by atoms with Crippen LogP contribution in [0.3, 0.4) is 0 Å². The molecule has 1 atom stereocenters. The highest BCUT2D eigenvalue weighted by Gasteiger charge is 2.28. The van der Waals surface area contributed by atoms with Gasteiger partial charge in [0.15, 0.2) is 0 Å². The Morgan fingerprint density at radius 1 is 1.03 bits per heavy atom. The molecule has 32 heavy (non-hydrogen) atoms. The smallest absolute Gasteiger partial charge is 0.249 e. The summed E-state index contributed by atoms with van der Waals surface area (Å²) < 4.78 is 14.9. The molecule has 8 nitrogen and oxygen atoms in total. The van der Waals surface area contributed by atoms with E-state index < -0.39 is 11.9 Å². The average Bonchev–Trinajstić information content (AvgIpc) is 2.78. The molecule has 0 spiro atoms. The summed E-state index contributed by atoms with van der Waals surface area (Å²) in [5.41, 5.74) is 6.82. The maximum Gasteiger partial charge on any atom is 0.249 e. The fourth-order valence-corrected chi connectivity index (χ4v) is 4.79. The third kappa shape index (κ3) is 5.70. The summed E-state index contributed by atoms with van der Waals surface area (Å²) in [4.78, 5) is 30.2. The number of halogens is 2. The van der Waals surface area contributed by atoms with Crippen molar-refractivity contribution in [2.24, 2.45) is 5.73 Å². The van der Waals surface area contributed by atoms with E-state index in [0.29, 0.717) is 28.9 Å². The second-order valence-corrected chi connectivity index (χ2v) is 9.35. The minimum Gasteiger partial charge on any atom is -0.372 e. The zero-order chi connectivity index (χ0) is 22.7. The number of anilines is 2. The van der Waals surface area contributed by atoms with E-state index in [-0.39, 0.29) is 18.1 Å². The Kier molecular flexibility index (Phi) is 7.50. The maximum atomic E-state index is 14.9. The van der Waals surface area contributed by atoms with Crippen LogP contribution in [0.2, 0.25) is 5.02 Å². The lowest BCUT2D eigenvalue weighted by Crippen LogP contribution is -2.49. The van der Waals surface area contributed by atoms with Crippen LogP contribution < -0.4 is 21.3 Å². The third-order valence-electron chi connectivity index (χ3n) is 6.68. The molecule has 3 aliphatic rings. The third-order valence-corrected chi connectivity index (χ3v) is 7.00. The van der Waals surface area contributed by atoms with E-state index >= 15 is 0 Å². The Morgan fingerprint density at radius 3 is 2.34 bits per heavy atom. The molecule has 10 heteroatoms.